The molecule has 1 spiro atoms. The summed E-state index contributed by atoms with van der Waals surface area (Å²) in [7, 11) is 0. The van der Waals surface area contributed by atoms with E-state index in [9.17, 15) is 13.2 Å². The maximum atomic E-state index is 13.5. The largest absolute Gasteiger partial charge is 0.394 e. The minimum absolute atomic E-state index is 0.163. The minimum Gasteiger partial charge on any atom is -0.339 e. The molecule has 0 atom stereocenters. The first-order chi connectivity index (χ1) is 17.7. The summed E-state index contributed by atoms with van der Waals surface area (Å²) in [5, 5.41) is 9.73. The van der Waals surface area contributed by atoms with Crippen molar-refractivity contribution in [2.45, 2.75) is 44.1 Å². The van der Waals surface area contributed by atoms with Gasteiger partial charge in [-0.05, 0) is 49.1 Å². The number of halogens is 4. The van der Waals surface area contributed by atoms with Crippen LogP contribution in [0.25, 0.3) is 5.69 Å². The summed E-state index contributed by atoms with van der Waals surface area (Å²) in [5.74, 6) is 2.30. The van der Waals surface area contributed by atoms with Crippen molar-refractivity contribution in [3.63, 3.8) is 0 Å². The van der Waals surface area contributed by atoms with E-state index in [0.29, 0.717) is 18.1 Å². The molecule has 1 aromatic carbocycles. The summed E-state index contributed by atoms with van der Waals surface area (Å²) < 4.78 is 42.7. The van der Waals surface area contributed by atoms with Crippen LogP contribution in [-0.2, 0) is 13.1 Å². The van der Waals surface area contributed by atoms with Crippen LogP contribution < -0.4 is 9.80 Å². The smallest absolute Gasteiger partial charge is 0.339 e. The summed E-state index contributed by atoms with van der Waals surface area (Å²) in [6.07, 6.45) is -0.125. The Bertz CT molecular complexity index is 1390. The Morgan fingerprint density at radius 3 is 2.30 bits per heavy atom. The molecule has 6 aliphatic rings. The van der Waals surface area contributed by atoms with Gasteiger partial charge in [0, 0.05) is 61.1 Å². The fourth-order valence-corrected chi connectivity index (χ4v) is 7.56. The van der Waals surface area contributed by atoms with Gasteiger partial charge in [0.15, 0.2) is 5.82 Å². The van der Waals surface area contributed by atoms with Gasteiger partial charge < -0.3 is 9.80 Å². The molecule has 3 aliphatic heterocycles. The topological polar surface area (TPSA) is 66.2 Å². The van der Waals surface area contributed by atoms with Crippen molar-refractivity contribution in [2.75, 3.05) is 36.0 Å². The van der Waals surface area contributed by atoms with Crippen LogP contribution in [0.2, 0.25) is 5.02 Å². The van der Waals surface area contributed by atoms with Crippen molar-refractivity contribution >= 4 is 23.5 Å². The second kappa shape index (κ2) is 6.93. The predicted molar refractivity (Wildman–Crippen MR) is 130 cm³/mol. The molecule has 0 amide bonds. The number of alkyl halides is 3. The maximum Gasteiger partial charge on any atom is 0.394 e. The molecule has 37 heavy (non-hydrogen) atoms. The number of anilines is 2. The van der Waals surface area contributed by atoms with Gasteiger partial charge in [-0.1, -0.05) is 11.6 Å². The molecule has 12 heteroatoms. The van der Waals surface area contributed by atoms with Crippen molar-refractivity contribution in [3.05, 3.63) is 53.1 Å². The Labute approximate surface area is 216 Å². The van der Waals surface area contributed by atoms with E-state index >= 15 is 0 Å². The molecule has 5 fully saturated rings. The number of nitrogens with zero attached hydrogens (tertiary/aromatic N) is 8. The monoisotopic (exact) mass is 528 g/mol. The van der Waals surface area contributed by atoms with E-state index in [0.717, 1.165) is 55.2 Å². The minimum atomic E-state index is -4.13. The highest BCUT2D eigenvalue weighted by atomic mass is 35.5. The summed E-state index contributed by atoms with van der Waals surface area (Å²) in [6, 6.07) is 7.57. The molecule has 3 saturated carbocycles. The first-order valence-corrected chi connectivity index (χ1v) is 12.9. The molecule has 2 aromatic heterocycles. The molecule has 3 aliphatic carbocycles. The van der Waals surface area contributed by atoms with E-state index in [1.54, 1.807) is 12.4 Å². The molecule has 5 heterocycles. The molecule has 192 valence electrons. The number of fused-ring (bicyclic) bond motifs is 3. The third-order valence-corrected chi connectivity index (χ3v) is 9.42. The van der Waals surface area contributed by atoms with E-state index in [4.69, 9.17) is 11.6 Å². The fourth-order valence-electron chi connectivity index (χ4n) is 7.36. The first-order valence-electron chi connectivity index (χ1n) is 12.5. The number of aromatic nitrogens is 5. The second-order valence-electron chi connectivity index (χ2n) is 11.7. The van der Waals surface area contributed by atoms with Crippen molar-refractivity contribution < 1.29 is 13.2 Å². The highest BCUT2D eigenvalue weighted by Gasteiger charge is 2.80. The van der Waals surface area contributed by atoms with Gasteiger partial charge in [0.1, 0.15) is 0 Å². The highest BCUT2D eigenvalue weighted by Crippen LogP contribution is 2.75. The first kappa shape index (κ1) is 22.1. The van der Waals surface area contributed by atoms with E-state index in [-0.39, 0.29) is 24.7 Å². The van der Waals surface area contributed by atoms with Crippen LogP contribution >= 0.6 is 11.6 Å². The molecule has 3 aromatic rings. The Kier molecular flexibility index (Phi) is 4.14. The van der Waals surface area contributed by atoms with Crippen LogP contribution in [0, 0.1) is 10.8 Å². The average Bonchev–Trinajstić information content (AvgIpc) is 3.05. The Morgan fingerprint density at radius 2 is 1.59 bits per heavy atom. The third kappa shape index (κ3) is 2.95. The van der Waals surface area contributed by atoms with Gasteiger partial charge in [-0.15, -0.1) is 10.2 Å². The molecule has 0 radical (unpaired) electrons. The lowest BCUT2D eigenvalue weighted by Crippen LogP contribution is -2.78. The van der Waals surface area contributed by atoms with E-state index in [1.807, 2.05) is 24.3 Å². The summed E-state index contributed by atoms with van der Waals surface area (Å²) in [6.45, 7) is 4.53. The second-order valence-corrected chi connectivity index (χ2v) is 12.1. The van der Waals surface area contributed by atoms with E-state index in [1.165, 1.54) is 0 Å². The van der Waals surface area contributed by atoms with E-state index in [2.05, 4.69) is 39.4 Å². The van der Waals surface area contributed by atoms with Crippen molar-refractivity contribution in [3.8, 4) is 5.69 Å². The van der Waals surface area contributed by atoms with Gasteiger partial charge in [-0.25, -0.2) is 9.97 Å². The molecule has 8 nitrogen and oxygen atoms in total. The summed E-state index contributed by atoms with van der Waals surface area (Å²) in [5.41, 5.74) is 0.204. The Balaban J connectivity index is 1.06. The van der Waals surface area contributed by atoms with Gasteiger partial charge in [-0.2, -0.15) is 13.2 Å². The standard InChI is InChI=1S/C25H24ClF3N8/c26-17-2-3-18-16(6-17)7-36(24-9-23(10-24,11-24)25(27,28)29)8-19-32-33-21(37(18)19)35-14-22(15-35)12-34(13-22)20-30-4-1-5-31-20/h1-6H,7-15H2. The third-order valence-electron chi connectivity index (χ3n) is 9.19. The zero-order chi connectivity index (χ0) is 25.2. The number of rotatable bonds is 3. The lowest BCUT2D eigenvalue weighted by atomic mass is 9.38. The molecule has 0 unspecified atom stereocenters. The Morgan fingerprint density at radius 1 is 0.892 bits per heavy atom. The van der Waals surface area contributed by atoms with Crippen LogP contribution in [0.1, 0.15) is 30.7 Å². The number of benzene rings is 1. The van der Waals surface area contributed by atoms with Crippen LogP contribution in [0.3, 0.4) is 0 Å². The molecule has 0 N–H and O–H groups in total. The lowest BCUT2D eigenvalue weighted by Gasteiger charge is -2.73. The molecule has 2 bridgehead atoms. The quantitative estimate of drug-likeness (QED) is 0.512. The molecule has 2 saturated heterocycles. The zero-order valence-corrected chi connectivity index (χ0v) is 20.7. The van der Waals surface area contributed by atoms with Gasteiger partial charge in [0.05, 0.1) is 17.6 Å². The van der Waals surface area contributed by atoms with Crippen LogP contribution in [-0.4, -0.2) is 67.5 Å². The molecular weight excluding hydrogens is 505 g/mol. The van der Waals surface area contributed by atoms with Gasteiger partial charge in [0.2, 0.25) is 11.9 Å². The number of hydrogen-bond acceptors (Lipinski definition) is 7. The fraction of sp³-hybridized carbons (Fsp3) is 0.520. The van der Waals surface area contributed by atoms with E-state index < -0.39 is 17.1 Å². The van der Waals surface area contributed by atoms with Gasteiger partial charge in [0.25, 0.3) is 0 Å². The molecular formula is C25H24ClF3N8. The normalized spacial score (nSPS) is 29.4. The lowest BCUT2D eigenvalue weighted by molar-refractivity contribution is -0.364. The predicted octanol–water partition coefficient (Wildman–Crippen LogP) is 3.84. The number of hydrogen-bond donors (Lipinski definition) is 0. The zero-order valence-electron chi connectivity index (χ0n) is 19.9. The van der Waals surface area contributed by atoms with Crippen molar-refractivity contribution in [2.24, 2.45) is 10.8 Å². The van der Waals surface area contributed by atoms with Crippen LogP contribution in [0.5, 0.6) is 0 Å². The molecule has 9 rings (SSSR count). The van der Waals surface area contributed by atoms with Gasteiger partial charge in [-0.3, -0.25) is 9.47 Å². The van der Waals surface area contributed by atoms with Crippen molar-refractivity contribution in [1.82, 2.24) is 29.6 Å². The average molecular weight is 529 g/mol. The highest BCUT2D eigenvalue weighted by molar-refractivity contribution is 6.30. The van der Waals surface area contributed by atoms with Gasteiger partial charge >= 0.3 is 6.18 Å². The SMILES string of the molecule is FC(F)(F)C12CC(N3Cc4cc(Cl)ccc4-n4c(nnc4N4CC5(CN(c6ncccn6)C5)C4)C3)(C1)C2. The Hall–Kier alpha value is -2.92. The summed E-state index contributed by atoms with van der Waals surface area (Å²) >= 11 is 6.37. The van der Waals surface area contributed by atoms with Crippen molar-refractivity contribution in [1.29, 1.82) is 0 Å². The van der Waals surface area contributed by atoms with Crippen LogP contribution in [0.4, 0.5) is 25.1 Å². The maximum absolute atomic E-state index is 13.5. The van der Waals surface area contributed by atoms with Crippen LogP contribution in [0.15, 0.2) is 36.7 Å². The summed E-state index contributed by atoms with van der Waals surface area (Å²) in [4.78, 5) is 15.3.